The Labute approximate surface area is 175 Å². The number of hydrogen-bond acceptors (Lipinski definition) is 6. The van der Waals surface area contributed by atoms with Crippen LogP contribution in [0.25, 0.3) is 0 Å². The Morgan fingerprint density at radius 1 is 1.13 bits per heavy atom. The molecule has 1 heterocycles. The summed E-state index contributed by atoms with van der Waals surface area (Å²) in [4.78, 5) is 10.1. The maximum Gasteiger partial charge on any atom is 0.269 e. The molecule has 2 aromatic rings. The fraction of sp³-hybridized carbons (Fsp3) is 0.286. The normalized spacial score (nSPS) is 17.1. The molecule has 0 amide bonds. The number of rotatable bonds is 4. The van der Waals surface area contributed by atoms with Crippen LogP contribution in [-0.4, -0.2) is 24.2 Å². The lowest BCUT2D eigenvalue weighted by molar-refractivity contribution is -0.384. The van der Waals surface area contributed by atoms with Gasteiger partial charge in [0, 0.05) is 24.6 Å². The van der Waals surface area contributed by atoms with Crippen LogP contribution in [0, 0.1) is 21.4 Å². The van der Waals surface area contributed by atoms with Crippen LogP contribution in [-0.2, 0) is 15.4 Å². The van der Waals surface area contributed by atoms with Crippen molar-refractivity contribution in [3.63, 3.8) is 0 Å². The zero-order valence-electron chi connectivity index (χ0n) is 16.9. The zero-order chi connectivity index (χ0) is 22.3. The van der Waals surface area contributed by atoms with Crippen molar-refractivity contribution >= 4 is 15.7 Å². The lowest BCUT2D eigenvalue weighted by atomic mass is 9.85. The molecule has 156 valence electrons. The van der Waals surface area contributed by atoms with Crippen molar-refractivity contribution < 1.29 is 13.3 Å². The van der Waals surface area contributed by atoms with E-state index in [0.717, 1.165) is 39.7 Å². The van der Waals surface area contributed by atoms with Crippen LogP contribution in [0.4, 0.5) is 5.69 Å². The second-order valence-corrected chi connectivity index (χ2v) is 9.98. The predicted molar refractivity (Wildman–Crippen MR) is 112 cm³/mol. The number of nitrogens with two attached hydrogens (primary N) is 1. The highest BCUT2D eigenvalue weighted by molar-refractivity contribution is 7.89. The van der Waals surface area contributed by atoms with E-state index in [2.05, 4.69) is 20.8 Å². The number of nitriles is 1. The van der Waals surface area contributed by atoms with Crippen molar-refractivity contribution in [2.24, 2.45) is 5.73 Å². The second kappa shape index (κ2) is 7.46. The van der Waals surface area contributed by atoms with E-state index < -0.39 is 20.9 Å². The number of non-ortho nitro benzene ring substituents is 1. The summed E-state index contributed by atoms with van der Waals surface area (Å²) in [6, 6.07) is 14.3. The molecule has 1 unspecified atom stereocenters. The molecular formula is C21H22N4O4S. The molecule has 3 rings (SSSR count). The summed E-state index contributed by atoms with van der Waals surface area (Å²) in [5, 5.41) is 20.4. The summed E-state index contributed by atoms with van der Waals surface area (Å²) in [5.41, 5.74) is 7.91. The van der Waals surface area contributed by atoms with Gasteiger partial charge in [-0.3, -0.25) is 14.4 Å². The molecule has 0 bridgehead atoms. The summed E-state index contributed by atoms with van der Waals surface area (Å²) in [6.07, 6.45) is 0. The summed E-state index contributed by atoms with van der Waals surface area (Å²) in [7, 11) is -4.07. The van der Waals surface area contributed by atoms with E-state index in [4.69, 9.17) is 5.73 Å². The third-order valence-electron chi connectivity index (χ3n) is 5.18. The van der Waals surface area contributed by atoms with Crippen LogP contribution in [0.3, 0.4) is 0 Å². The summed E-state index contributed by atoms with van der Waals surface area (Å²) < 4.78 is 27.2. The van der Waals surface area contributed by atoms with Crippen molar-refractivity contribution in [3.8, 4) is 6.07 Å². The van der Waals surface area contributed by atoms with Crippen molar-refractivity contribution in [1.29, 1.82) is 5.26 Å². The van der Waals surface area contributed by atoms with Gasteiger partial charge in [-0.1, -0.05) is 45.0 Å². The van der Waals surface area contributed by atoms with Gasteiger partial charge in [0.2, 0.25) is 0 Å². The highest BCUT2D eigenvalue weighted by Crippen LogP contribution is 2.37. The SMILES string of the molecule is CC(C)(C)c1ccc(C2CN(S(=O)(=O)c3ccc([N+](=O)[O-])cc3)C(N)=C2C#N)cc1. The third kappa shape index (κ3) is 3.74. The van der Waals surface area contributed by atoms with Crippen molar-refractivity contribution in [2.75, 3.05) is 6.54 Å². The molecule has 1 aliphatic heterocycles. The minimum absolute atomic E-state index is 0.0110. The first-order chi connectivity index (χ1) is 14.0. The molecule has 2 aromatic carbocycles. The Kier molecular flexibility index (Phi) is 5.31. The van der Waals surface area contributed by atoms with E-state index in [9.17, 15) is 23.8 Å². The smallest absolute Gasteiger partial charge is 0.269 e. The Morgan fingerprint density at radius 2 is 1.70 bits per heavy atom. The Balaban J connectivity index is 1.96. The highest BCUT2D eigenvalue weighted by atomic mass is 32.2. The standard InChI is InChI=1S/C21H22N4O4S/c1-21(2,3)15-6-4-14(5-7-15)19-13-24(20(23)18(19)12-22)30(28,29)17-10-8-16(9-11-17)25(26)27/h4-11,19H,13,23H2,1-3H3. The molecule has 2 N–H and O–H groups in total. The molecule has 0 spiro atoms. The van der Waals surface area contributed by atoms with Crippen molar-refractivity contribution in [2.45, 2.75) is 37.0 Å². The van der Waals surface area contributed by atoms with E-state index >= 15 is 0 Å². The maximum atomic E-state index is 13.1. The van der Waals surface area contributed by atoms with Crippen LogP contribution in [0.5, 0.6) is 0 Å². The minimum atomic E-state index is -4.07. The van der Waals surface area contributed by atoms with Crippen molar-refractivity contribution in [3.05, 3.63) is 81.2 Å². The van der Waals surface area contributed by atoms with E-state index in [1.54, 1.807) is 0 Å². The average molecular weight is 426 g/mol. The van der Waals surface area contributed by atoms with Gasteiger partial charge in [0.05, 0.1) is 21.5 Å². The number of hydrogen-bond donors (Lipinski definition) is 1. The van der Waals surface area contributed by atoms with Gasteiger partial charge >= 0.3 is 0 Å². The zero-order valence-corrected chi connectivity index (χ0v) is 17.7. The Hall–Kier alpha value is -3.38. The molecule has 30 heavy (non-hydrogen) atoms. The first-order valence-corrected chi connectivity index (χ1v) is 10.7. The van der Waals surface area contributed by atoms with Crippen LogP contribution in [0.2, 0.25) is 0 Å². The first-order valence-electron chi connectivity index (χ1n) is 9.24. The molecule has 1 atom stereocenters. The Bertz CT molecular complexity index is 1160. The summed E-state index contributed by atoms with van der Waals surface area (Å²) in [6.45, 7) is 6.26. The van der Waals surface area contributed by atoms with E-state index in [0.29, 0.717) is 0 Å². The van der Waals surface area contributed by atoms with Gasteiger partial charge in [-0.25, -0.2) is 8.42 Å². The van der Waals surface area contributed by atoms with Gasteiger partial charge in [-0.15, -0.1) is 0 Å². The molecule has 8 nitrogen and oxygen atoms in total. The lowest BCUT2D eigenvalue weighted by Gasteiger charge is -2.22. The Morgan fingerprint density at radius 3 is 2.17 bits per heavy atom. The van der Waals surface area contributed by atoms with Crippen LogP contribution < -0.4 is 5.73 Å². The first kappa shape index (κ1) is 21.3. The predicted octanol–water partition coefficient (Wildman–Crippen LogP) is 3.37. The van der Waals surface area contributed by atoms with Crippen molar-refractivity contribution in [1.82, 2.24) is 4.31 Å². The molecule has 0 radical (unpaired) electrons. The van der Waals surface area contributed by atoms with E-state index in [1.807, 2.05) is 30.3 Å². The largest absolute Gasteiger partial charge is 0.384 e. The molecule has 0 fully saturated rings. The fourth-order valence-electron chi connectivity index (χ4n) is 3.39. The molecule has 0 saturated heterocycles. The number of nitro benzene ring substituents is 1. The number of nitro groups is 1. The molecular weight excluding hydrogens is 404 g/mol. The lowest BCUT2D eigenvalue weighted by Crippen LogP contribution is -2.32. The van der Waals surface area contributed by atoms with Crippen LogP contribution >= 0.6 is 0 Å². The highest BCUT2D eigenvalue weighted by Gasteiger charge is 2.38. The van der Waals surface area contributed by atoms with Gasteiger partial charge in [-0.2, -0.15) is 5.26 Å². The minimum Gasteiger partial charge on any atom is -0.384 e. The molecule has 9 heteroatoms. The van der Waals surface area contributed by atoms with Gasteiger partial charge < -0.3 is 5.73 Å². The number of benzene rings is 2. The summed E-state index contributed by atoms with van der Waals surface area (Å²) in [5.74, 6) is -0.613. The fourth-order valence-corrected chi connectivity index (χ4v) is 4.82. The van der Waals surface area contributed by atoms with Crippen LogP contribution in [0.1, 0.15) is 37.8 Å². The maximum absolute atomic E-state index is 13.1. The molecule has 0 aromatic heterocycles. The average Bonchev–Trinajstić information content (AvgIpc) is 3.04. The van der Waals surface area contributed by atoms with Gasteiger partial charge in [0.15, 0.2) is 0 Å². The van der Waals surface area contributed by atoms with Gasteiger partial charge in [0.1, 0.15) is 5.82 Å². The summed E-state index contributed by atoms with van der Waals surface area (Å²) >= 11 is 0. The quantitative estimate of drug-likeness (QED) is 0.589. The number of sulfonamides is 1. The molecule has 1 aliphatic rings. The molecule has 0 aliphatic carbocycles. The van der Waals surface area contributed by atoms with Crippen LogP contribution in [0.15, 0.2) is 64.8 Å². The second-order valence-electron chi connectivity index (χ2n) is 8.12. The number of nitrogens with zero attached hydrogens (tertiary/aromatic N) is 3. The van der Waals surface area contributed by atoms with E-state index in [1.165, 1.54) is 0 Å². The monoisotopic (exact) mass is 426 g/mol. The van der Waals surface area contributed by atoms with E-state index in [-0.39, 0.29) is 33.9 Å². The van der Waals surface area contributed by atoms with Gasteiger partial charge in [0.25, 0.3) is 15.7 Å². The van der Waals surface area contributed by atoms with Gasteiger partial charge in [-0.05, 0) is 28.7 Å². The molecule has 0 saturated carbocycles. The third-order valence-corrected chi connectivity index (χ3v) is 6.97. The topological polar surface area (TPSA) is 130 Å².